The van der Waals surface area contributed by atoms with Gasteiger partial charge in [0.1, 0.15) is 6.07 Å². The zero-order valence-electron chi connectivity index (χ0n) is 10.4. The van der Waals surface area contributed by atoms with Gasteiger partial charge in [0.05, 0.1) is 6.61 Å². The molecule has 0 aromatic carbocycles. The number of ether oxygens (including phenoxy) is 1. The first kappa shape index (κ1) is 12.8. The minimum absolute atomic E-state index is 0.248. The highest BCUT2D eigenvalue weighted by Crippen LogP contribution is 2.29. The third-order valence-corrected chi connectivity index (χ3v) is 3.57. The Morgan fingerprint density at radius 3 is 2.72 bits per heavy atom. The van der Waals surface area contributed by atoms with Crippen molar-refractivity contribution in [2.24, 2.45) is 17.6 Å². The number of rotatable bonds is 4. The number of hydrogen-bond acceptors (Lipinski definition) is 5. The molecule has 18 heavy (non-hydrogen) atoms. The van der Waals surface area contributed by atoms with Gasteiger partial charge < -0.3 is 10.5 Å². The van der Waals surface area contributed by atoms with E-state index in [1.54, 1.807) is 0 Å². The normalized spacial score (nSPS) is 23.3. The molecule has 0 spiro atoms. The van der Waals surface area contributed by atoms with Crippen molar-refractivity contribution >= 4 is 0 Å². The van der Waals surface area contributed by atoms with Crippen molar-refractivity contribution in [3.05, 3.63) is 18.1 Å². The number of nitrogens with two attached hydrogens (primary N) is 1. The quantitative estimate of drug-likeness (QED) is 0.870. The summed E-state index contributed by atoms with van der Waals surface area (Å²) in [6, 6.07) is 1.99. The maximum atomic E-state index is 8.90. The SMILES string of the molecule is N#Cc1nccnc1OCC1CCCCC1CN. The number of nitrogens with zero attached hydrogens (tertiary/aromatic N) is 3. The average molecular weight is 246 g/mol. The second-order valence-electron chi connectivity index (χ2n) is 4.67. The molecule has 5 heteroatoms. The summed E-state index contributed by atoms with van der Waals surface area (Å²) in [6.45, 7) is 1.29. The maximum Gasteiger partial charge on any atom is 0.251 e. The van der Waals surface area contributed by atoms with Crippen LogP contribution < -0.4 is 10.5 Å². The molecule has 2 N–H and O–H groups in total. The van der Waals surface area contributed by atoms with Crippen LogP contribution >= 0.6 is 0 Å². The van der Waals surface area contributed by atoms with Crippen molar-refractivity contribution in [2.75, 3.05) is 13.2 Å². The highest BCUT2D eigenvalue weighted by molar-refractivity contribution is 5.29. The maximum absolute atomic E-state index is 8.90. The molecule has 5 nitrogen and oxygen atoms in total. The predicted octanol–water partition coefficient (Wildman–Crippen LogP) is 1.49. The van der Waals surface area contributed by atoms with E-state index >= 15 is 0 Å². The van der Waals surface area contributed by atoms with E-state index in [1.165, 1.54) is 31.7 Å². The highest BCUT2D eigenvalue weighted by Gasteiger charge is 2.24. The van der Waals surface area contributed by atoms with Gasteiger partial charge in [-0.1, -0.05) is 12.8 Å². The van der Waals surface area contributed by atoms with Crippen molar-refractivity contribution in [1.29, 1.82) is 5.26 Å². The van der Waals surface area contributed by atoms with Crippen LogP contribution in [0.4, 0.5) is 0 Å². The second kappa shape index (κ2) is 6.31. The molecule has 0 aliphatic heterocycles. The lowest BCUT2D eigenvalue weighted by atomic mass is 9.80. The van der Waals surface area contributed by atoms with Crippen LogP contribution in [0.25, 0.3) is 0 Å². The van der Waals surface area contributed by atoms with Crippen molar-refractivity contribution in [3.8, 4) is 11.9 Å². The Morgan fingerprint density at radius 2 is 2.00 bits per heavy atom. The Bertz CT molecular complexity index is 429. The second-order valence-corrected chi connectivity index (χ2v) is 4.67. The summed E-state index contributed by atoms with van der Waals surface area (Å²) >= 11 is 0. The number of nitriles is 1. The Balaban J connectivity index is 1.96. The van der Waals surface area contributed by atoms with Crippen molar-refractivity contribution in [1.82, 2.24) is 9.97 Å². The fourth-order valence-electron chi connectivity index (χ4n) is 2.51. The molecule has 2 atom stereocenters. The molecule has 1 aromatic rings. The first-order chi connectivity index (χ1) is 8.85. The molecular formula is C13H18N4O. The summed E-state index contributed by atoms with van der Waals surface area (Å²) < 4.78 is 5.65. The lowest BCUT2D eigenvalue weighted by Gasteiger charge is -2.30. The van der Waals surface area contributed by atoms with Crippen LogP contribution in [-0.2, 0) is 0 Å². The molecule has 96 valence electrons. The van der Waals surface area contributed by atoms with Gasteiger partial charge in [0.25, 0.3) is 5.88 Å². The third kappa shape index (κ3) is 2.96. The van der Waals surface area contributed by atoms with E-state index in [0.717, 1.165) is 6.42 Å². The van der Waals surface area contributed by atoms with E-state index < -0.39 is 0 Å². The minimum Gasteiger partial charge on any atom is -0.475 e. The van der Waals surface area contributed by atoms with Gasteiger partial charge in [-0.2, -0.15) is 5.26 Å². The van der Waals surface area contributed by atoms with E-state index in [-0.39, 0.29) is 5.69 Å². The first-order valence-electron chi connectivity index (χ1n) is 6.39. The van der Waals surface area contributed by atoms with Crippen LogP contribution in [0.15, 0.2) is 12.4 Å². The van der Waals surface area contributed by atoms with Gasteiger partial charge in [0, 0.05) is 12.4 Å². The highest BCUT2D eigenvalue weighted by atomic mass is 16.5. The lowest BCUT2D eigenvalue weighted by Crippen LogP contribution is -2.31. The van der Waals surface area contributed by atoms with Crippen molar-refractivity contribution < 1.29 is 4.74 Å². The summed E-state index contributed by atoms with van der Waals surface area (Å²) in [5.74, 6) is 1.33. The lowest BCUT2D eigenvalue weighted by molar-refractivity contribution is 0.149. The molecule has 0 bridgehead atoms. The Kier molecular flexibility index (Phi) is 4.48. The molecule has 0 saturated heterocycles. The van der Waals surface area contributed by atoms with E-state index in [9.17, 15) is 0 Å². The molecule has 1 heterocycles. The van der Waals surface area contributed by atoms with Gasteiger partial charge in [-0.3, -0.25) is 0 Å². The van der Waals surface area contributed by atoms with Crippen LogP contribution in [0.2, 0.25) is 0 Å². The minimum atomic E-state index is 0.248. The molecular weight excluding hydrogens is 228 g/mol. The van der Waals surface area contributed by atoms with Crippen molar-refractivity contribution in [2.45, 2.75) is 25.7 Å². The largest absolute Gasteiger partial charge is 0.475 e. The topological polar surface area (TPSA) is 84.8 Å². The summed E-state index contributed by atoms with van der Waals surface area (Å²) in [7, 11) is 0. The fraction of sp³-hybridized carbons (Fsp3) is 0.615. The smallest absolute Gasteiger partial charge is 0.251 e. The molecule has 1 saturated carbocycles. The van der Waals surface area contributed by atoms with E-state index in [1.807, 2.05) is 6.07 Å². The third-order valence-electron chi connectivity index (χ3n) is 3.57. The molecule has 1 aliphatic rings. The van der Waals surface area contributed by atoms with E-state index in [2.05, 4.69) is 9.97 Å². The Morgan fingerprint density at radius 1 is 1.28 bits per heavy atom. The Labute approximate surface area is 107 Å². The van der Waals surface area contributed by atoms with Gasteiger partial charge in [-0.25, -0.2) is 9.97 Å². The van der Waals surface area contributed by atoms with Gasteiger partial charge >= 0.3 is 0 Å². The fourth-order valence-corrected chi connectivity index (χ4v) is 2.51. The van der Waals surface area contributed by atoms with Crippen LogP contribution in [0.1, 0.15) is 31.4 Å². The van der Waals surface area contributed by atoms with Crippen LogP contribution in [0.3, 0.4) is 0 Å². The van der Waals surface area contributed by atoms with E-state index in [4.69, 9.17) is 15.7 Å². The summed E-state index contributed by atoms with van der Waals surface area (Å²) in [5.41, 5.74) is 6.03. The molecule has 0 amide bonds. The van der Waals surface area contributed by atoms with Crippen LogP contribution in [0.5, 0.6) is 5.88 Å². The van der Waals surface area contributed by atoms with Gasteiger partial charge in [0.2, 0.25) is 5.69 Å². The molecule has 1 aliphatic carbocycles. The average Bonchev–Trinajstić information content (AvgIpc) is 2.45. The summed E-state index contributed by atoms with van der Waals surface area (Å²) in [6.07, 6.45) is 7.84. The van der Waals surface area contributed by atoms with Crippen molar-refractivity contribution in [3.63, 3.8) is 0 Å². The Hall–Kier alpha value is -1.67. The van der Waals surface area contributed by atoms with E-state index in [0.29, 0.717) is 30.9 Å². The standard InChI is InChI=1S/C13H18N4O/c14-7-10-3-1-2-4-11(10)9-18-13-12(8-15)16-5-6-17-13/h5-6,10-11H,1-4,7,9,14H2. The summed E-state index contributed by atoms with van der Waals surface area (Å²) in [4.78, 5) is 7.97. The zero-order chi connectivity index (χ0) is 12.8. The summed E-state index contributed by atoms with van der Waals surface area (Å²) in [5, 5.41) is 8.90. The molecule has 1 fully saturated rings. The van der Waals surface area contributed by atoms with Gasteiger partial charge in [-0.15, -0.1) is 0 Å². The van der Waals surface area contributed by atoms with Crippen LogP contribution in [0, 0.1) is 23.2 Å². The van der Waals surface area contributed by atoms with Gasteiger partial charge in [0.15, 0.2) is 0 Å². The molecule has 1 aromatic heterocycles. The van der Waals surface area contributed by atoms with Gasteiger partial charge in [-0.05, 0) is 31.2 Å². The first-order valence-corrected chi connectivity index (χ1v) is 6.39. The molecule has 2 unspecified atom stereocenters. The van der Waals surface area contributed by atoms with Crippen LogP contribution in [-0.4, -0.2) is 23.1 Å². The molecule has 2 rings (SSSR count). The molecule has 0 radical (unpaired) electrons. The predicted molar refractivity (Wildman–Crippen MR) is 66.7 cm³/mol. The monoisotopic (exact) mass is 246 g/mol. The zero-order valence-corrected chi connectivity index (χ0v) is 10.4. The number of hydrogen-bond donors (Lipinski definition) is 1. The number of aromatic nitrogens is 2.